The van der Waals surface area contributed by atoms with Crippen LogP contribution >= 0.6 is 0 Å². The van der Waals surface area contributed by atoms with Crippen LogP contribution in [0.3, 0.4) is 0 Å². The minimum atomic E-state index is 0.626. The molecule has 3 heterocycles. The van der Waals surface area contributed by atoms with Crippen LogP contribution in [0.2, 0.25) is 0 Å². The van der Waals surface area contributed by atoms with Crippen LogP contribution in [0.4, 0.5) is 0 Å². The second-order valence-electron chi connectivity index (χ2n) is 14.1. The van der Waals surface area contributed by atoms with Crippen molar-refractivity contribution in [1.82, 2.24) is 14.5 Å². The smallest absolute Gasteiger partial charge is 0.235 e. The predicted octanol–water partition coefficient (Wildman–Crippen LogP) is 13.4. The van der Waals surface area contributed by atoms with Crippen molar-refractivity contribution in [2.75, 3.05) is 0 Å². The summed E-state index contributed by atoms with van der Waals surface area (Å²) in [5.74, 6) is 0.626. The van der Waals surface area contributed by atoms with Crippen molar-refractivity contribution in [1.29, 1.82) is 0 Å². The van der Waals surface area contributed by atoms with E-state index in [9.17, 15) is 0 Å². The van der Waals surface area contributed by atoms with Crippen molar-refractivity contribution in [2.45, 2.75) is 0 Å². The zero-order chi connectivity index (χ0) is 35.3. The van der Waals surface area contributed by atoms with Crippen LogP contribution < -0.4 is 0 Å². The maximum Gasteiger partial charge on any atom is 0.235 e. The molecule has 0 unspecified atom stereocenters. The molecule has 0 aliphatic carbocycles. The van der Waals surface area contributed by atoms with Crippen LogP contribution in [0.5, 0.6) is 0 Å². The molecule has 3 aromatic heterocycles. The molecule has 0 atom stereocenters. The molecule has 4 nitrogen and oxygen atoms in total. The monoisotopic (exact) mass is 687 g/mol. The Labute approximate surface area is 309 Å². The summed E-state index contributed by atoms with van der Waals surface area (Å²) in [5.41, 5.74) is 8.84. The third-order valence-corrected chi connectivity index (χ3v) is 11.2. The van der Waals surface area contributed by atoms with Gasteiger partial charge in [-0.15, -0.1) is 0 Å². The average molecular weight is 688 g/mol. The highest BCUT2D eigenvalue weighted by atomic mass is 16.3. The molecule has 250 valence electrons. The van der Waals surface area contributed by atoms with Crippen LogP contribution in [-0.2, 0) is 0 Å². The highest BCUT2D eigenvalue weighted by Gasteiger charge is 2.26. The number of fused-ring (bicyclic) bond motifs is 13. The second-order valence-corrected chi connectivity index (χ2v) is 14.1. The van der Waals surface area contributed by atoms with Crippen molar-refractivity contribution >= 4 is 87.0 Å². The van der Waals surface area contributed by atoms with Gasteiger partial charge in [0.05, 0.1) is 22.2 Å². The minimum absolute atomic E-state index is 0.626. The lowest BCUT2D eigenvalue weighted by atomic mass is 9.93. The molecule has 0 spiro atoms. The van der Waals surface area contributed by atoms with E-state index in [4.69, 9.17) is 14.4 Å². The molecule has 0 bridgehead atoms. The Morgan fingerprint density at radius 3 is 1.89 bits per heavy atom. The predicted molar refractivity (Wildman–Crippen MR) is 225 cm³/mol. The zero-order valence-corrected chi connectivity index (χ0v) is 29.0. The van der Waals surface area contributed by atoms with E-state index in [1.165, 1.54) is 21.5 Å². The summed E-state index contributed by atoms with van der Waals surface area (Å²) in [7, 11) is 0. The Morgan fingerprint density at radius 1 is 0.426 bits per heavy atom. The minimum Gasteiger partial charge on any atom is -0.455 e. The van der Waals surface area contributed by atoms with Crippen molar-refractivity contribution in [2.24, 2.45) is 0 Å². The highest BCUT2D eigenvalue weighted by molar-refractivity contribution is 6.34. The average Bonchev–Trinajstić information content (AvgIpc) is 3.79. The summed E-state index contributed by atoms with van der Waals surface area (Å²) >= 11 is 0. The molecule has 0 radical (unpaired) electrons. The van der Waals surface area contributed by atoms with Gasteiger partial charge in [-0.2, -0.15) is 0 Å². The first-order valence-electron chi connectivity index (χ1n) is 18.3. The maximum atomic E-state index is 6.85. The fourth-order valence-corrected chi connectivity index (χ4v) is 8.90. The number of furan rings is 1. The lowest BCUT2D eigenvalue weighted by Gasteiger charge is -2.15. The molecule has 0 N–H and O–H groups in total. The molecular formula is C50H29N3O. The Morgan fingerprint density at radius 2 is 1.06 bits per heavy atom. The number of aromatic nitrogens is 3. The third kappa shape index (κ3) is 4.02. The third-order valence-electron chi connectivity index (χ3n) is 11.2. The Balaban J connectivity index is 1.35. The van der Waals surface area contributed by atoms with Gasteiger partial charge in [-0.25, -0.2) is 9.97 Å². The first-order chi connectivity index (χ1) is 26.8. The molecule has 12 aromatic rings. The second kappa shape index (κ2) is 11.1. The van der Waals surface area contributed by atoms with Crippen LogP contribution in [0.1, 0.15) is 0 Å². The maximum absolute atomic E-state index is 6.85. The van der Waals surface area contributed by atoms with E-state index in [-0.39, 0.29) is 0 Å². The number of rotatable bonds is 3. The molecule has 12 rings (SSSR count). The Hall–Kier alpha value is -7.30. The van der Waals surface area contributed by atoms with E-state index < -0.39 is 0 Å². The molecule has 0 saturated heterocycles. The summed E-state index contributed by atoms with van der Waals surface area (Å²) in [6.45, 7) is 0. The fraction of sp³-hybridized carbons (Fsp3) is 0. The van der Waals surface area contributed by atoms with Gasteiger partial charge in [0.25, 0.3) is 0 Å². The van der Waals surface area contributed by atoms with Gasteiger partial charge in [-0.1, -0.05) is 158 Å². The van der Waals surface area contributed by atoms with Crippen molar-refractivity contribution < 1.29 is 4.42 Å². The number of hydrogen-bond acceptors (Lipinski definition) is 3. The van der Waals surface area contributed by atoms with Gasteiger partial charge in [-0.3, -0.25) is 4.57 Å². The van der Waals surface area contributed by atoms with Crippen LogP contribution in [0.15, 0.2) is 180 Å². The highest BCUT2D eigenvalue weighted by Crippen LogP contribution is 2.48. The molecule has 54 heavy (non-hydrogen) atoms. The lowest BCUT2D eigenvalue weighted by Crippen LogP contribution is -2.04. The van der Waals surface area contributed by atoms with Gasteiger partial charge in [0.1, 0.15) is 11.2 Å². The van der Waals surface area contributed by atoms with Gasteiger partial charge >= 0.3 is 0 Å². The number of hydrogen-bond donors (Lipinski definition) is 0. The van der Waals surface area contributed by atoms with Crippen LogP contribution in [0.25, 0.3) is 115 Å². The quantitative estimate of drug-likeness (QED) is 0.174. The largest absolute Gasteiger partial charge is 0.455 e. The summed E-state index contributed by atoms with van der Waals surface area (Å²) in [6.07, 6.45) is 0. The molecular weight excluding hydrogens is 659 g/mol. The SMILES string of the molecule is c1ccc(-c2nc(-n3c4c(-c5c6ccccc6cc6c5oc5ccccc56)cccc4c4c5ccccc5c5ccccc5c43)nc3ccccc23)cc1. The van der Waals surface area contributed by atoms with Gasteiger partial charge in [0.2, 0.25) is 5.95 Å². The van der Waals surface area contributed by atoms with E-state index in [1.807, 2.05) is 12.1 Å². The Bertz CT molecular complexity index is 3500. The summed E-state index contributed by atoms with van der Waals surface area (Å²) in [6, 6.07) is 62.3. The molecule has 0 fully saturated rings. The fourth-order valence-electron chi connectivity index (χ4n) is 8.90. The standard InChI is InChI=1S/C50H29N3O/c1-2-15-30(16-3-1)46-38-24-10-12-27-42(38)51-50(52-46)53-47-39(44-36-22-8-6-19-33(36)34-20-7-9-23-37(34)48(44)53)25-14-26-40(47)45-32-18-5-4-17-31(32)29-41-35-21-11-13-28-43(35)54-49(41)45/h1-29H. The van der Waals surface area contributed by atoms with E-state index in [0.717, 1.165) is 87.8 Å². The van der Waals surface area contributed by atoms with E-state index in [0.29, 0.717) is 5.95 Å². The van der Waals surface area contributed by atoms with E-state index >= 15 is 0 Å². The molecule has 0 amide bonds. The molecule has 0 aliphatic heterocycles. The number of benzene rings is 9. The molecule has 4 heteroatoms. The summed E-state index contributed by atoms with van der Waals surface area (Å²) in [4.78, 5) is 10.9. The van der Waals surface area contributed by atoms with Gasteiger partial charge < -0.3 is 4.42 Å². The molecule has 0 aliphatic rings. The normalized spacial score (nSPS) is 12.1. The molecule has 9 aromatic carbocycles. The van der Waals surface area contributed by atoms with Crippen molar-refractivity contribution in [3.63, 3.8) is 0 Å². The zero-order valence-electron chi connectivity index (χ0n) is 29.0. The summed E-state index contributed by atoms with van der Waals surface area (Å²) in [5, 5.41) is 12.6. The molecule has 0 saturated carbocycles. The van der Waals surface area contributed by atoms with Crippen LogP contribution in [-0.4, -0.2) is 14.5 Å². The van der Waals surface area contributed by atoms with Gasteiger partial charge in [0, 0.05) is 49.0 Å². The van der Waals surface area contributed by atoms with Gasteiger partial charge in [-0.05, 0) is 45.1 Å². The Kier molecular flexibility index (Phi) is 6.02. The number of para-hydroxylation sites is 3. The van der Waals surface area contributed by atoms with E-state index in [1.54, 1.807) is 0 Å². The van der Waals surface area contributed by atoms with Crippen LogP contribution in [0, 0.1) is 0 Å². The first-order valence-corrected chi connectivity index (χ1v) is 18.3. The first kappa shape index (κ1) is 29.3. The van der Waals surface area contributed by atoms with Crippen molar-refractivity contribution in [3.8, 4) is 28.3 Å². The lowest BCUT2D eigenvalue weighted by molar-refractivity contribution is 0.670. The van der Waals surface area contributed by atoms with E-state index in [2.05, 4.69) is 168 Å². The van der Waals surface area contributed by atoms with Gasteiger partial charge in [0.15, 0.2) is 0 Å². The summed E-state index contributed by atoms with van der Waals surface area (Å²) < 4.78 is 9.19. The number of nitrogens with zero attached hydrogens (tertiary/aromatic N) is 3. The van der Waals surface area contributed by atoms with Crippen molar-refractivity contribution in [3.05, 3.63) is 176 Å². The topological polar surface area (TPSA) is 43.9 Å².